The van der Waals surface area contributed by atoms with Crippen molar-refractivity contribution in [1.29, 1.82) is 0 Å². The molecule has 1 aromatic rings. The van der Waals surface area contributed by atoms with Gasteiger partial charge in [-0.2, -0.15) is 0 Å². The van der Waals surface area contributed by atoms with Gasteiger partial charge in [-0.1, -0.05) is 18.2 Å². The maximum atomic E-state index is 11.4. The summed E-state index contributed by atoms with van der Waals surface area (Å²) in [4.78, 5) is 25.2. The number of piperidine rings is 1. The number of carboxylic acid groups (broad SMARTS) is 2. The van der Waals surface area contributed by atoms with Crippen molar-refractivity contribution in [3.63, 3.8) is 0 Å². The summed E-state index contributed by atoms with van der Waals surface area (Å²) in [6, 6.07) is 7.53. The van der Waals surface area contributed by atoms with E-state index in [1.54, 1.807) is 0 Å². The van der Waals surface area contributed by atoms with Crippen LogP contribution in [0.5, 0.6) is 0 Å². The number of hydrogen-bond donors (Lipinski definition) is 2. The number of hydrogen-bond acceptors (Lipinski definition) is 2. The van der Waals surface area contributed by atoms with Crippen molar-refractivity contribution >= 4 is 17.9 Å². The topological polar surface area (TPSA) is 81.1 Å². The lowest BCUT2D eigenvalue weighted by atomic mass is 9.74. The van der Waals surface area contributed by atoms with Crippen LogP contribution >= 0.6 is 0 Å². The normalized spacial score (nSPS) is 20.0. The zero-order chi connectivity index (χ0) is 14.3. The van der Waals surface area contributed by atoms with Gasteiger partial charge in [0.05, 0.1) is 5.69 Å². The zero-order valence-electron chi connectivity index (χ0n) is 11.0. The third kappa shape index (κ3) is 1.79. The monoisotopic (exact) mass is 276 g/mol. The first-order valence-electron chi connectivity index (χ1n) is 6.61. The second-order valence-electron chi connectivity index (χ2n) is 5.44. The highest BCUT2D eigenvalue weighted by molar-refractivity contribution is 5.90. The lowest BCUT2D eigenvalue weighted by Gasteiger charge is -2.38. The van der Waals surface area contributed by atoms with Crippen LogP contribution in [0.2, 0.25) is 0 Å². The molecule has 0 unspecified atom stereocenters. The van der Waals surface area contributed by atoms with Crippen molar-refractivity contribution in [2.75, 3.05) is 24.5 Å². The molecule has 2 amide bonds. The van der Waals surface area contributed by atoms with Crippen LogP contribution in [-0.4, -0.2) is 46.9 Å². The first-order chi connectivity index (χ1) is 9.53. The molecule has 2 N–H and O–H groups in total. The van der Waals surface area contributed by atoms with Gasteiger partial charge in [0, 0.05) is 25.0 Å². The molecule has 0 saturated carbocycles. The van der Waals surface area contributed by atoms with E-state index in [2.05, 4.69) is 0 Å². The van der Waals surface area contributed by atoms with Gasteiger partial charge < -0.3 is 15.1 Å². The molecule has 1 fully saturated rings. The summed E-state index contributed by atoms with van der Waals surface area (Å²) in [5, 5.41) is 18.4. The smallest absolute Gasteiger partial charge is 0.411 e. The Morgan fingerprint density at radius 2 is 1.70 bits per heavy atom. The van der Waals surface area contributed by atoms with Gasteiger partial charge in [-0.3, -0.25) is 4.90 Å². The van der Waals surface area contributed by atoms with Crippen molar-refractivity contribution in [1.82, 2.24) is 4.90 Å². The Morgan fingerprint density at radius 1 is 1.05 bits per heavy atom. The van der Waals surface area contributed by atoms with Crippen LogP contribution < -0.4 is 4.90 Å². The first-order valence-corrected chi connectivity index (χ1v) is 6.61. The fourth-order valence-corrected chi connectivity index (χ4v) is 3.35. The zero-order valence-corrected chi connectivity index (χ0v) is 11.0. The molecular weight excluding hydrogens is 260 g/mol. The second kappa shape index (κ2) is 4.40. The molecule has 1 spiro atoms. The highest BCUT2D eigenvalue weighted by atomic mass is 16.4. The Morgan fingerprint density at radius 3 is 2.30 bits per heavy atom. The van der Waals surface area contributed by atoms with E-state index in [0.717, 1.165) is 11.3 Å². The molecule has 2 heterocycles. The summed E-state index contributed by atoms with van der Waals surface area (Å²) >= 11 is 0. The lowest BCUT2D eigenvalue weighted by molar-refractivity contribution is 0.118. The summed E-state index contributed by atoms with van der Waals surface area (Å²) in [5.74, 6) is 0. The Balaban J connectivity index is 1.93. The van der Waals surface area contributed by atoms with Gasteiger partial charge in [0.2, 0.25) is 0 Å². The summed E-state index contributed by atoms with van der Waals surface area (Å²) in [6.07, 6.45) is -0.517. The van der Waals surface area contributed by atoms with E-state index in [9.17, 15) is 14.7 Å². The van der Waals surface area contributed by atoms with Gasteiger partial charge in [-0.05, 0) is 24.5 Å². The molecular formula is C14H16N2O4. The second-order valence-corrected chi connectivity index (χ2v) is 5.44. The number of likely N-dealkylation sites (tertiary alicyclic amines) is 1. The van der Waals surface area contributed by atoms with Crippen LogP contribution in [0.25, 0.3) is 0 Å². The van der Waals surface area contributed by atoms with Crippen molar-refractivity contribution in [2.24, 2.45) is 0 Å². The molecule has 3 rings (SSSR count). The number of para-hydroxylation sites is 1. The van der Waals surface area contributed by atoms with E-state index in [0.29, 0.717) is 32.5 Å². The first kappa shape index (κ1) is 12.8. The molecule has 0 aliphatic carbocycles. The van der Waals surface area contributed by atoms with Crippen LogP contribution in [0.4, 0.5) is 15.3 Å². The van der Waals surface area contributed by atoms with Gasteiger partial charge in [0.25, 0.3) is 0 Å². The number of amides is 2. The SMILES string of the molecule is O=C(O)N1CCC2(CC1)CN(C(=O)O)c1ccccc12. The molecule has 0 aromatic heterocycles. The van der Waals surface area contributed by atoms with Crippen molar-refractivity contribution in [2.45, 2.75) is 18.3 Å². The minimum Gasteiger partial charge on any atom is -0.465 e. The van der Waals surface area contributed by atoms with E-state index < -0.39 is 12.2 Å². The van der Waals surface area contributed by atoms with E-state index in [4.69, 9.17) is 5.11 Å². The molecule has 1 saturated heterocycles. The van der Waals surface area contributed by atoms with Crippen molar-refractivity contribution in [3.05, 3.63) is 29.8 Å². The molecule has 20 heavy (non-hydrogen) atoms. The fourth-order valence-electron chi connectivity index (χ4n) is 3.35. The Hall–Kier alpha value is -2.24. The molecule has 106 valence electrons. The van der Waals surface area contributed by atoms with Gasteiger partial charge in [-0.25, -0.2) is 9.59 Å². The van der Waals surface area contributed by atoms with Gasteiger partial charge >= 0.3 is 12.2 Å². The molecule has 6 heteroatoms. The highest BCUT2D eigenvalue weighted by Crippen LogP contribution is 2.46. The average molecular weight is 276 g/mol. The van der Waals surface area contributed by atoms with Gasteiger partial charge in [-0.15, -0.1) is 0 Å². The number of rotatable bonds is 0. The summed E-state index contributed by atoms with van der Waals surface area (Å²) < 4.78 is 0. The highest BCUT2D eigenvalue weighted by Gasteiger charge is 2.46. The maximum Gasteiger partial charge on any atom is 0.411 e. The standard InChI is InChI=1S/C14H16N2O4/c17-12(18)15-7-5-14(6-8-15)9-16(13(19)20)11-4-2-1-3-10(11)14/h1-4H,5-9H2,(H,17,18)(H,19,20). The minimum atomic E-state index is -0.949. The Labute approximate surface area is 116 Å². The van der Waals surface area contributed by atoms with E-state index in [-0.39, 0.29) is 5.41 Å². The van der Waals surface area contributed by atoms with Crippen molar-refractivity contribution in [3.8, 4) is 0 Å². The number of fused-ring (bicyclic) bond motifs is 2. The Kier molecular flexibility index (Phi) is 2.81. The third-order valence-corrected chi connectivity index (χ3v) is 4.45. The number of nitrogens with zero attached hydrogens (tertiary/aromatic N) is 2. The number of benzene rings is 1. The summed E-state index contributed by atoms with van der Waals surface area (Å²) in [7, 11) is 0. The van der Waals surface area contributed by atoms with Gasteiger partial charge in [0.1, 0.15) is 0 Å². The summed E-state index contributed by atoms with van der Waals surface area (Å²) in [6.45, 7) is 1.34. The predicted molar refractivity (Wildman–Crippen MR) is 72.3 cm³/mol. The molecule has 0 radical (unpaired) electrons. The van der Waals surface area contributed by atoms with E-state index >= 15 is 0 Å². The molecule has 0 bridgehead atoms. The van der Waals surface area contributed by atoms with Crippen LogP contribution in [0.1, 0.15) is 18.4 Å². The van der Waals surface area contributed by atoms with Gasteiger partial charge in [0.15, 0.2) is 0 Å². The Bertz CT molecular complexity index is 564. The minimum absolute atomic E-state index is 0.235. The number of carbonyl (C=O) groups is 2. The van der Waals surface area contributed by atoms with Crippen LogP contribution in [0.3, 0.4) is 0 Å². The average Bonchev–Trinajstić information content (AvgIpc) is 2.75. The van der Waals surface area contributed by atoms with Crippen LogP contribution in [0, 0.1) is 0 Å². The fraction of sp³-hybridized carbons (Fsp3) is 0.429. The largest absolute Gasteiger partial charge is 0.465 e. The lowest BCUT2D eigenvalue weighted by Crippen LogP contribution is -2.47. The van der Waals surface area contributed by atoms with E-state index in [1.807, 2.05) is 24.3 Å². The quantitative estimate of drug-likeness (QED) is 0.761. The molecule has 2 aliphatic rings. The van der Waals surface area contributed by atoms with E-state index in [1.165, 1.54) is 9.80 Å². The third-order valence-electron chi connectivity index (χ3n) is 4.45. The predicted octanol–water partition coefficient (Wildman–Crippen LogP) is 2.20. The maximum absolute atomic E-state index is 11.4. The van der Waals surface area contributed by atoms with Crippen LogP contribution in [0.15, 0.2) is 24.3 Å². The molecule has 0 atom stereocenters. The van der Waals surface area contributed by atoms with Crippen LogP contribution in [-0.2, 0) is 5.41 Å². The molecule has 1 aromatic carbocycles. The molecule has 2 aliphatic heterocycles. The number of anilines is 1. The van der Waals surface area contributed by atoms with Crippen molar-refractivity contribution < 1.29 is 19.8 Å². The summed E-state index contributed by atoms with van der Waals surface area (Å²) in [5.41, 5.74) is 1.54. The molecule has 6 nitrogen and oxygen atoms in total.